The van der Waals surface area contributed by atoms with Gasteiger partial charge in [0.05, 0.1) is 20.8 Å². The van der Waals surface area contributed by atoms with Crippen molar-refractivity contribution >= 4 is 11.7 Å². The lowest BCUT2D eigenvalue weighted by molar-refractivity contribution is 0.253. The van der Waals surface area contributed by atoms with Crippen molar-refractivity contribution < 1.29 is 19.0 Å². The third kappa shape index (κ3) is 6.61. The van der Waals surface area contributed by atoms with Gasteiger partial charge in [0, 0.05) is 23.9 Å². The van der Waals surface area contributed by atoms with E-state index < -0.39 is 0 Å². The molecule has 6 nitrogen and oxygen atoms in total. The SMILES string of the molecule is C=CCc1ccccc1OCC#CCNC(=O)Nc1cc(OC)cc(OC)c1. The van der Waals surface area contributed by atoms with Crippen LogP contribution < -0.4 is 24.8 Å². The molecule has 2 rings (SSSR count). The van der Waals surface area contributed by atoms with Gasteiger partial charge in [0.15, 0.2) is 0 Å². The van der Waals surface area contributed by atoms with Crippen LogP contribution in [0.1, 0.15) is 5.56 Å². The van der Waals surface area contributed by atoms with Gasteiger partial charge < -0.3 is 24.8 Å². The lowest BCUT2D eigenvalue weighted by Gasteiger charge is -2.10. The van der Waals surface area contributed by atoms with Crippen LogP contribution in [0.5, 0.6) is 17.2 Å². The number of hydrogen-bond acceptors (Lipinski definition) is 4. The second-order valence-electron chi connectivity index (χ2n) is 5.65. The highest BCUT2D eigenvalue weighted by Gasteiger charge is 2.05. The Balaban J connectivity index is 1.78. The average molecular weight is 380 g/mol. The molecule has 0 radical (unpaired) electrons. The maximum absolute atomic E-state index is 12.0. The topological polar surface area (TPSA) is 68.8 Å². The molecule has 28 heavy (non-hydrogen) atoms. The number of urea groups is 1. The fraction of sp³-hybridized carbons (Fsp3) is 0.227. The third-order valence-corrected chi connectivity index (χ3v) is 3.71. The molecule has 2 N–H and O–H groups in total. The standard InChI is InChI=1S/C22H24N2O4/c1-4-9-17-10-5-6-11-21(17)28-13-8-7-12-23-22(25)24-18-14-19(26-2)16-20(15-18)27-3/h4-6,10-11,14-16H,1,9,12-13H2,2-3H3,(H2,23,24,25). The number of anilines is 1. The number of carbonyl (C=O) groups excluding carboxylic acids is 1. The summed E-state index contributed by atoms with van der Waals surface area (Å²) in [6, 6.07) is 12.5. The van der Waals surface area contributed by atoms with Gasteiger partial charge in [-0.25, -0.2) is 4.79 Å². The van der Waals surface area contributed by atoms with Gasteiger partial charge in [0.25, 0.3) is 0 Å². The molecule has 2 aromatic carbocycles. The van der Waals surface area contributed by atoms with Crippen LogP contribution in [0.25, 0.3) is 0 Å². The molecule has 0 spiro atoms. The molecular formula is C22H24N2O4. The van der Waals surface area contributed by atoms with E-state index in [0.29, 0.717) is 17.2 Å². The summed E-state index contributed by atoms with van der Waals surface area (Å²) in [7, 11) is 3.10. The van der Waals surface area contributed by atoms with Crippen molar-refractivity contribution in [1.29, 1.82) is 0 Å². The zero-order valence-electron chi connectivity index (χ0n) is 16.1. The molecular weight excluding hydrogens is 356 g/mol. The largest absolute Gasteiger partial charge is 0.497 e. The first kappa shape index (κ1) is 20.7. The van der Waals surface area contributed by atoms with Crippen LogP contribution >= 0.6 is 0 Å². The molecule has 146 valence electrons. The van der Waals surface area contributed by atoms with Crippen molar-refractivity contribution in [3.63, 3.8) is 0 Å². The zero-order chi connectivity index (χ0) is 20.2. The lowest BCUT2D eigenvalue weighted by Crippen LogP contribution is -2.29. The van der Waals surface area contributed by atoms with Gasteiger partial charge in [0.2, 0.25) is 0 Å². The van der Waals surface area contributed by atoms with Crippen molar-refractivity contribution in [2.75, 3.05) is 32.7 Å². The normalized spacial score (nSPS) is 9.50. The smallest absolute Gasteiger partial charge is 0.319 e. The summed E-state index contributed by atoms with van der Waals surface area (Å²) >= 11 is 0. The highest BCUT2D eigenvalue weighted by molar-refractivity contribution is 5.89. The van der Waals surface area contributed by atoms with E-state index >= 15 is 0 Å². The van der Waals surface area contributed by atoms with Crippen LogP contribution in [0.3, 0.4) is 0 Å². The van der Waals surface area contributed by atoms with Crippen LogP contribution in [0, 0.1) is 11.8 Å². The summed E-state index contributed by atoms with van der Waals surface area (Å²) in [4.78, 5) is 12.0. The Morgan fingerprint density at radius 3 is 2.50 bits per heavy atom. The molecule has 0 saturated carbocycles. The van der Waals surface area contributed by atoms with Crippen LogP contribution in [0.2, 0.25) is 0 Å². The maximum atomic E-state index is 12.0. The molecule has 0 heterocycles. The quantitative estimate of drug-likeness (QED) is 0.542. The third-order valence-electron chi connectivity index (χ3n) is 3.71. The van der Waals surface area contributed by atoms with Crippen molar-refractivity contribution in [3.8, 4) is 29.1 Å². The Hall–Kier alpha value is -3.59. The number of allylic oxidation sites excluding steroid dienone is 1. The Bertz CT molecular complexity index is 846. The lowest BCUT2D eigenvalue weighted by atomic mass is 10.1. The second-order valence-corrected chi connectivity index (χ2v) is 5.65. The fourth-order valence-electron chi connectivity index (χ4n) is 2.38. The van der Waals surface area contributed by atoms with Gasteiger partial charge in [-0.2, -0.15) is 0 Å². The van der Waals surface area contributed by atoms with E-state index in [1.165, 1.54) is 0 Å². The van der Waals surface area contributed by atoms with E-state index in [0.717, 1.165) is 17.7 Å². The number of ether oxygens (including phenoxy) is 3. The summed E-state index contributed by atoms with van der Waals surface area (Å²) in [5, 5.41) is 5.37. The van der Waals surface area contributed by atoms with Crippen molar-refractivity contribution in [1.82, 2.24) is 5.32 Å². The number of methoxy groups -OCH3 is 2. The minimum absolute atomic E-state index is 0.199. The Labute approximate surface area is 165 Å². The summed E-state index contributed by atoms with van der Waals surface area (Å²) < 4.78 is 16.0. The number of para-hydroxylation sites is 1. The van der Waals surface area contributed by atoms with E-state index in [-0.39, 0.29) is 19.2 Å². The van der Waals surface area contributed by atoms with Crippen LogP contribution in [0.15, 0.2) is 55.1 Å². The second kappa shape index (κ2) is 11.2. The van der Waals surface area contributed by atoms with Crippen molar-refractivity contribution in [2.24, 2.45) is 0 Å². The minimum atomic E-state index is -0.373. The van der Waals surface area contributed by atoms with E-state index in [1.54, 1.807) is 32.4 Å². The van der Waals surface area contributed by atoms with Gasteiger partial charge >= 0.3 is 6.03 Å². The molecule has 0 aromatic heterocycles. The fourth-order valence-corrected chi connectivity index (χ4v) is 2.38. The van der Waals surface area contributed by atoms with Crippen molar-refractivity contribution in [2.45, 2.75) is 6.42 Å². The Morgan fingerprint density at radius 1 is 1.11 bits per heavy atom. The first-order valence-electron chi connectivity index (χ1n) is 8.71. The van der Waals surface area contributed by atoms with Crippen LogP contribution in [-0.2, 0) is 6.42 Å². The summed E-state index contributed by atoms with van der Waals surface area (Å²) in [6.07, 6.45) is 2.56. The Kier molecular flexibility index (Phi) is 8.28. The van der Waals surface area contributed by atoms with Gasteiger partial charge in [0.1, 0.15) is 23.9 Å². The molecule has 0 atom stereocenters. The molecule has 2 amide bonds. The maximum Gasteiger partial charge on any atom is 0.319 e. The van der Waals surface area contributed by atoms with E-state index in [1.807, 2.05) is 30.3 Å². The monoisotopic (exact) mass is 380 g/mol. The Morgan fingerprint density at radius 2 is 1.82 bits per heavy atom. The number of amides is 2. The number of hydrogen-bond donors (Lipinski definition) is 2. The van der Waals surface area contributed by atoms with Crippen molar-refractivity contribution in [3.05, 3.63) is 60.7 Å². The summed E-state index contributed by atoms with van der Waals surface area (Å²) in [5.74, 6) is 7.69. The van der Waals surface area contributed by atoms with Crippen LogP contribution in [-0.4, -0.2) is 33.4 Å². The summed E-state index contributed by atoms with van der Waals surface area (Å²) in [6.45, 7) is 4.18. The highest BCUT2D eigenvalue weighted by atomic mass is 16.5. The predicted octanol–water partition coefficient (Wildman–Crippen LogP) is 3.64. The summed E-state index contributed by atoms with van der Waals surface area (Å²) in [5.41, 5.74) is 1.62. The minimum Gasteiger partial charge on any atom is -0.497 e. The van der Waals surface area contributed by atoms with E-state index in [2.05, 4.69) is 29.1 Å². The molecule has 0 aliphatic heterocycles. The molecule has 6 heteroatoms. The molecule has 0 bridgehead atoms. The first-order chi connectivity index (χ1) is 13.7. The van der Waals surface area contributed by atoms with E-state index in [4.69, 9.17) is 14.2 Å². The first-order valence-corrected chi connectivity index (χ1v) is 8.71. The number of nitrogens with one attached hydrogen (secondary N) is 2. The molecule has 2 aromatic rings. The molecule has 0 aliphatic rings. The molecule has 0 saturated heterocycles. The molecule has 0 fully saturated rings. The van der Waals surface area contributed by atoms with Crippen LogP contribution in [0.4, 0.5) is 10.5 Å². The van der Waals surface area contributed by atoms with Gasteiger partial charge in [-0.3, -0.25) is 0 Å². The average Bonchev–Trinajstić information content (AvgIpc) is 2.71. The zero-order valence-corrected chi connectivity index (χ0v) is 16.1. The predicted molar refractivity (Wildman–Crippen MR) is 110 cm³/mol. The van der Waals surface area contributed by atoms with E-state index in [9.17, 15) is 4.79 Å². The van der Waals surface area contributed by atoms with Gasteiger partial charge in [-0.05, 0) is 18.1 Å². The van der Waals surface area contributed by atoms with Gasteiger partial charge in [-0.15, -0.1) is 6.58 Å². The molecule has 0 aliphatic carbocycles. The number of benzene rings is 2. The van der Waals surface area contributed by atoms with Gasteiger partial charge in [-0.1, -0.05) is 36.1 Å². The number of rotatable bonds is 8. The highest BCUT2D eigenvalue weighted by Crippen LogP contribution is 2.25. The molecule has 0 unspecified atom stereocenters. The number of carbonyl (C=O) groups is 1.